The molecule has 0 unspecified atom stereocenters. The third kappa shape index (κ3) is 5.03. The Kier molecular flexibility index (Phi) is 7.35. The fourth-order valence-corrected chi connectivity index (χ4v) is 6.21. The molecule has 3 nitrogen and oxygen atoms in total. The second kappa shape index (κ2) is 10.3. The molecule has 0 saturated carbocycles. The van der Waals surface area contributed by atoms with Crippen LogP contribution in [0, 0.1) is 5.92 Å². The maximum atomic E-state index is 13.9. The summed E-state index contributed by atoms with van der Waals surface area (Å²) in [5.74, 6) is 0.417. The molecule has 0 amide bonds. The lowest BCUT2D eigenvalue weighted by molar-refractivity contribution is -0.138. The first-order valence-corrected chi connectivity index (χ1v) is 13.3. The standard InChI is InChI=1S/C27H20BrCl3F3NO2/c1-36-22-11-14(10-18(28)26(22)37-12-13-5-7-19(29)21(31)9-13)24-16-4-2-3-15(16)23-17(27(32,33)34)6-8-20(30)25(23)35-24/h2-3,5-11,15-16,24,35H,4,12H2,1H3/t15-,16+,24+/m1/s1. The molecule has 10 heteroatoms. The van der Waals surface area contributed by atoms with Gasteiger partial charge in [0.1, 0.15) is 6.61 Å². The molecule has 37 heavy (non-hydrogen) atoms. The molecular weight excluding hydrogens is 614 g/mol. The van der Waals surface area contributed by atoms with Crippen LogP contribution in [0.4, 0.5) is 18.9 Å². The van der Waals surface area contributed by atoms with Crippen molar-refractivity contribution in [1.29, 1.82) is 0 Å². The highest BCUT2D eigenvalue weighted by atomic mass is 79.9. The van der Waals surface area contributed by atoms with Crippen LogP contribution in [-0.2, 0) is 12.8 Å². The molecule has 0 aromatic heterocycles. The Bertz CT molecular complexity index is 1400. The molecule has 3 aromatic rings. The molecule has 194 valence electrons. The fraction of sp³-hybridized carbons (Fsp3) is 0.259. The monoisotopic (exact) mass is 631 g/mol. The van der Waals surface area contributed by atoms with E-state index in [1.165, 1.54) is 13.2 Å². The van der Waals surface area contributed by atoms with Gasteiger partial charge in [-0.2, -0.15) is 13.2 Å². The molecule has 1 aliphatic heterocycles. The van der Waals surface area contributed by atoms with Crippen LogP contribution in [0.5, 0.6) is 11.5 Å². The molecule has 1 heterocycles. The summed E-state index contributed by atoms with van der Waals surface area (Å²) < 4.78 is 53.9. The summed E-state index contributed by atoms with van der Waals surface area (Å²) in [6, 6.07) is 11.0. The number of hydrogen-bond donors (Lipinski definition) is 1. The van der Waals surface area contributed by atoms with Crippen LogP contribution in [0.1, 0.15) is 40.6 Å². The van der Waals surface area contributed by atoms with Crippen molar-refractivity contribution in [3.63, 3.8) is 0 Å². The van der Waals surface area contributed by atoms with Crippen LogP contribution < -0.4 is 14.8 Å². The van der Waals surface area contributed by atoms with Crippen LogP contribution in [0.25, 0.3) is 0 Å². The molecule has 1 N–H and O–H groups in total. The molecule has 3 aromatic carbocycles. The van der Waals surface area contributed by atoms with Gasteiger partial charge in [0.25, 0.3) is 0 Å². The Morgan fingerprint density at radius 1 is 1.03 bits per heavy atom. The number of ether oxygens (including phenoxy) is 2. The highest BCUT2D eigenvalue weighted by Crippen LogP contribution is 2.55. The fourth-order valence-electron chi connectivity index (χ4n) is 5.10. The third-order valence-electron chi connectivity index (χ3n) is 6.75. The van der Waals surface area contributed by atoms with E-state index in [0.717, 1.165) is 17.2 Å². The SMILES string of the molecule is COc1cc([C@@H]2Nc3c(Cl)ccc(C(F)(F)F)c3[C@@H]3C=CC[C@@H]32)cc(Br)c1OCc1ccc(Cl)c(Cl)c1. The van der Waals surface area contributed by atoms with Gasteiger partial charge in [-0.3, -0.25) is 0 Å². The van der Waals surface area contributed by atoms with E-state index in [-0.39, 0.29) is 29.2 Å². The molecule has 3 atom stereocenters. The molecule has 0 radical (unpaired) electrons. The second-order valence-corrected chi connectivity index (χ2v) is 11.0. The van der Waals surface area contributed by atoms with Gasteiger partial charge < -0.3 is 14.8 Å². The number of rotatable bonds is 5. The lowest BCUT2D eigenvalue weighted by Gasteiger charge is -2.39. The summed E-state index contributed by atoms with van der Waals surface area (Å²) in [4.78, 5) is 0. The zero-order valence-electron chi connectivity index (χ0n) is 19.3. The van der Waals surface area contributed by atoms with E-state index in [9.17, 15) is 13.2 Å². The third-order valence-corrected chi connectivity index (χ3v) is 8.40. The van der Waals surface area contributed by atoms with Gasteiger partial charge in [-0.15, -0.1) is 0 Å². The zero-order chi connectivity index (χ0) is 26.5. The maximum Gasteiger partial charge on any atom is 0.416 e. The zero-order valence-corrected chi connectivity index (χ0v) is 23.2. The van der Waals surface area contributed by atoms with E-state index < -0.39 is 17.7 Å². The topological polar surface area (TPSA) is 30.5 Å². The Labute approximate surface area is 235 Å². The molecule has 0 spiro atoms. The maximum absolute atomic E-state index is 13.9. The van der Waals surface area contributed by atoms with Gasteiger partial charge in [0.05, 0.1) is 43.9 Å². The van der Waals surface area contributed by atoms with Crippen LogP contribution in [-0.4, -0.2) is 7.11 Å². The van der Waals surface area contributed by atoms with Crippen molar-refractivity contribution in [2.45, 2.75) is 31.2 Å². The highest BCUT2D eigenvalue weighted by molar-refractivity contribution is 9.10. The molecule has 0 fully saturated rings. The summed E-state index contributed by atoms with van der Waals surface area (Å²) in [6.07, 6.45) is -0.0735. The number of anilines is 1. The molecule has 5 rings (SSSR count). The number of hydrogen-bond acceptors (Lipinski definition) is 3. The average molecular weight is 634 g/mol. The number of halogens is 7. The summed E-state index contributed by atoms with van der Waals surface area (Å²) in [5.41, 5.74) is 1.51. The predicted octanol–water partition coefficient (Wildman–Crippen LogP) is 9.84. The smallest absolute Gasteiger partial charge is 0.416 e. The average Bonchev–Trinajstić information content (AvgIpc) is 3.34. The van der Waals surface area contributed by atoms with Gasteiger partial charge in [0.15, 0.2) is 11.5 Å². The minimum absolute atomic E-state index is 0.133. The number of alkyl halides is 3. The quantitative estimate of drug-likeness (QED) is 0.284. The summed E-state index contributed by atoms with van der Waals surface area (Å²) in [7, 11) is 1.54. The lowest BCUT2D eigenvalue weighted by Crippen LogP contribution is -2.31. The normalized spacial score (nSPS) is 20.3. The molecule has 0 saturated heterocycles. The van der Waals surface area contributed by atoms with Gasteiger partial charge >= 0.3 is 6.18 Å². The minimum atomic E-state index is -4.48. The van der Waals surface area contributed by atoms with Crippen molar-refractivity contribution < 1.29 is 22.6 Å². The first kappa shape index (κ1) is 26.5. The van der Waals surface area contributed by atoms with Crippen molar-refractivity contribution in [3.8, 4) is 11.5 Å². The van der Waals surface area contributed by atoms with Crippen molar-refractivity contribution in [1.82, 2.24) is 0 Å². The summed E-state index contributed by atoms with van der Waals surface area (Å²) >= 11 is 22.1. The Balaban J connectivity index is 1.49. The number of nitrogens with one attached hydrogen (secondary N) is 1. The largest absolute Gasteiger partial charge is 0.493 e. The van der Waals surface area contributed by atoms with E-state index in [1.54, 1.807) is 12.1 Å². The van der Waals surface area contributed by atoms with Crippen molar-refractivity contribution in [2.24, 2.45) is 5.92 Å². The molecule has 1 aliphatic carbocycles. The van der Waals surface area contributed by atoms with Crippen molar-refractivity contribution in [3.05, 3.63) is 96.4 Å². The number of fused-ring (bicyclic) bond motifs is 3. The van der Waals surface area contributed by atoms with E-state index in [1.807, 2.05) is 30.4 Å². The van der Waals surface area contributed by atoms with Crippen molar-refractivity contribution >= 4 is 56.4 Å². The van der Waals surface area contributed by atoms with Crippen LogP contribution in [0.2, 0.25) is 15.1 Å². The number of allylic oxidation sites excluding steroid dienone is 2. The first-order chi connectivity index (χ1) is 17.6. The van der Waals surface area contributed by atoms with Gasteiger partial charge in [-0.1, -0.05) is 53.0 Å². The molecular formula is C27H20BrCl3F3NO2. The van der Waals surface area contributed by atoms with Gasteiger partial charge in [0, 0.05) is 5.92 Å². The Morgan fingerprint density at radius 3 is 2.49 bits per heavy atom. The number of methoxy groups -OCH3 is 1. The van der Waals surface area contributed by atoms with Crippen LogP contribution in [0.3, 0.4) is 0 Å². The van der Waals surface area contributed by atoms with Crippen molar-refractivity contribution in [2.75, 3.05) is 12.4 Å². The second-order valence-electron chi connectivity index (χ2n) is 8.93. The van der Waals surface area contributed by atoms with E-state index in [0.29, 0.717) is 38.1 Å². The minimum Gasteiger partial charge on any atom is -0.493 e. The van der Waals surface area contributed by atoms with Gasteiger partial charge in [-0.25, -0.2) is 0 Å². The summed E-state index contributed by atoms with van der Waals surface area (Å²) in [6.45, 7) is 0.227. The van der Waals surface area contributed by atoms with Gasteiger partial charge in [-0.05, 0) is 81.4 Å². The lowest BCUT2D eigenvalue weighted by atomic mass is 9.75. The van der Waals surface area contributed by atoms with E-state index in [2.05, 4.69) is 21.2 Å². The number of benzene rings is 3. The van der Waals surface area contributed by atoms with Gasteiger partial charge in [0.2, 0.25) is 0 Å². The Hall–Kier alpha value is -2.06. The van der Waals surface area contributed by atoms with Crippen LogP contribution >= 0.6 is 50.7 Å². The Morgan fingerprint density at radius 2 is 1.78 bits per heavy atom. The van der Waals surface area contributed by atoms with E-state index in [4.69, 9.17) is 44.3 Å². The molecule has 2 aliphatic rings. The predicted molar refractivity (Wildman–Crippen MR) is 144 cm³/mol. The first-order valence-electron chi connectivity index (χ1n) is 11.4. The molecule has 0 bridgehead atoms. The highest BCUT2D eigenvalue weighted by Gasteiger charge is 2.45. The van der Waals surface area contributed by atoms with E-state index >= 15 is 0 Å². The summed E-state index contributed by atoms with van der Waals surface area (Å²) in [5, 5.41) is 4.45. The van der Waals surface area contributed by atoms with Crippen LogP contribution in [0.15, 0.2) is 59.1 Å².